The highest BCUT2D eigenvalue weighted by atomic mass is 79.9. The summed E-state index contributed by atoms with van der Waals surface area (Å²) in [6.07, 6.45) is 1.16. The van der Waals surface area contributed by atoms with E-state index in [0.717, 1.165) is 6.26 Å². The topological polar surface area (TPSA) is 106 Å². The summed E-state index contributed by atoms with van der Waals surface area (Å²) in [5, 5.41) is 8.00. The van der Waals surface area contributed by atoms with Crippen LogP contribution in [0.2, 0.25) is 0 Å². The number of halogens is 1. The maximum Gasteiger partial charge on any atom is 0.238 e. The third kappa shape index (κ3) is 5.47. The Hall–Kier alpha value is -0.640. The first-order valence-electron chi connectivity index (χ1n) is 5.25. The minimum Gasteiger partial charge on any atom is -0.381 e. The van der Waals surface area contributed by atoms with Crippen molar-refractivity contribution in [3.63, 3.8) is 0 Å². The van der Waals surface area contributed by atoms with Gasteiger partial charge in [-0.15, -0.1) is 0 Å². The lowest BCUT2D eigenvalue weighted by Crippen LogP contribution is -2.25. The molecule has 0 saturated carbocycles. The summed E-state index contributed by atoms with van der Waals surface area (Å²) in [7, 11) is -6.83. The van der Waals surface area contributed by atoms with Crippen LogP contribution in [0, 0.1) is 0 Å². The largest absolute Gasteiger partial charge is 0.381 e. The van der Waals surface area contributed by atoms with Gasteiger partial charge in [0, 0.05) is 22.5 Å². The quantitative estimate of drug-likeness (QED) is 0.801. The molecule has 1 unspecified atom stereocenters. The van der Waals surface area contributed by atoms with Crippen LogP contribution in [-0.4, -0.2) is 34.9 Å². The number of sulfone groups is 1. The van der Waals surface area contributed by atoms with Crippen molar-refractivity contribution >= 4 is 41.5 Å². The van der Waals surface area contributed by atoms with Crippen LogP contribution >= 0.6 is 15.9 Å². The zero-order chi connectivity index (χ0) is 14.8. The number of benzene rings is 1. The Kier molecular flexibility index (Phi) is 4.99. The van der Waals surface area contributed by atoms with Gasteiger partial charge in [-0.3, -0.25) is 0 Å². The number of nitrogens with two attached hydrogens (primary N) is 1. The Bertz CT molecular complexity index is 671. The minimum atomic E-state index is -3.75. The molecular weight excluding hydrogens is 356 g/mol. The number of sulfonamides is 1. The molecule has 0 radical (unpaired) electrons. The Morgan fingerprint density at radius 1 is 1.32 bits per heavy atom. The molecule has 6 nitrogen and oxygen atoms in total. The van der Waals surface area contributed by atoms with Gasteiger partial charge < -0.3 is 5.32 Å². The molecule has 0 heterocycles. The van der Waals surface area contributed by atoms with Gasteiger partial charge in [0.25, 0.3) is 0 Å². The van der Waals surface area contributed by atoms with E-state index in [9.17, 15) is 16.8 Å². The van der Waals surface area contributed by atoms with E-state index >= 15 is 0 Å². The van der Waals surface area contributed by atoms with Crippen LogP contribution in [0.1, 0.15) is 6.92 Å². The van der Waals surface area contributed by atoms with Gasteiger partial charge in [0.15, 0.2) is 0 Å². The van der Waals surface area contributed by atoms with Gasteiger partial charge in [-0.25, -0.2) is 22.0 Å². The molecule has 0 aliphatic rings. The van der Waals surface area contributed by atoms with E-state index in [4.69, 9.17) is 5.14 Å². The van der Waals surface area contributed by atoms with E-state index in [1.54, 1.807) is 6.92 Å². The molecule has 0 aliphatic carbocycles. The van der Waals surface area contributed by atoms with Gasteiger partial charge >= 0.3 is 0 Å². The predicted molar refractivity (Wildman–Crippen MR) is 78.3 cm³/mol. The maximum absolute atomic E-state index is 11.2. The normalized spacial score (nSPS) is 14.1. The van der Waals surface area contributed by atoms with Gasteiger partial charge in [-0.2, -0.15) is 0 Å². The van der Waals surface area contributed by atoms with Crippen LogP contribution in [0.25, 0.3) is 0 Å². The summed E-state index contributed by atoms with van der Waals surface area (Å²) >= 11 is 3.22. The number of primary sulfonamides is 1. The molecule has 0 fully saturated rings. The molecule has 3 N–H and O–H groups in total. The molecule has 19 heavy (non-hydrogen) atoms. The lowest BCUT2D eigenvalue weighted by molar-refractivity contribution is 0.596. The fourth-order valence-electron chi connectivity index (χ4n) is 1.55. The van der Waals surface area contributed by atoms with Crippen LogP contribution in [0.5, 0.6) is 0 Å². The second-order valence-electron chi connectivity index (χ2n) is 4.32. The molecule has 0 saturated heterocycles. The molecule has 1 aromatic rings. The Labute approximate surface area is 121 Å². The van der Waals surface area contributed by atoms with E-state index in [-0.39, 0.29) is 16.7 Å². The van der Waals surface area contributed by atoms with E-state index in [1.807, 2.05) is 0 Å². The molecule has 1 aromatic carbocycles. The van der Waals surface area contributed by atoms with Crippen molar-refractivity contribution in [1.29, 1.82) is 0 Å². The number of anilines is 1. The Morgan fingerprint density at radius 3 is 2.32 bits per heavy atom. The average molecular weight is 371 g/mol. The van der Waals surface area contributed by atoms with Crippen LogP contribution in [-0.2, 0) is 19.9 Å². The Balaban J connectivity index is 2.93. The first-order valence-corrected chi connectivity index (χ1v) is 9.65. The van der Waals surface area contributed by atoms with Crippen molar-refractivity contribution in [1.82, 2.24) is 0 Å². The zero-order valence-corrected chi connectivity index (χ0v) is 13.6. The first kappa shape index (κ1) is 16.4. The third-order valence-corrected chi connectivity index (χ3v) is 4.90. The van der Waals surface area contributed by atoms with E-state index in [0.29, 0.717) is 10.2 Å². The van der Waals surface area contributed by atoms with Crippen molar-refractivity contribution in [2.75, 3.05) is 17.3 Å². The van der Waals surface area contributed by atoms with Crippen LogP contribution < -0.4 is 10.5 Å². The Morgan fingerprint density at radius 2 is 1.89 bits per heavy atom. The summed E-state index contributed by atoms with van der Waals surface area (Å²) in [5.74, 6) is -0.0175. The van der Waals surface area contributed by atoms with Gasteiger partial charge in [0.05, 0.1) is 10.6 Å². The third-order valence-electron chi connectivity index (χ3n) is 2.22. The van der Waals surface area contributed by atoms with Crippen molar-refractivity contribution in [3.05, 3.63) is 22.7 Å². The van der Waals surface area contributed by atoms with Crippen LogP contribution in [0.4, 0.5) is 5.69 Å². The first-order chi connectivity index (χ1) is 8.49. The predicted octanol–water partition coefficient (Wildman–Crippen LogP) is 0.942. The number of nitrogens with one attached hydrogen (secondary N) is 1. The highest BCUT2D eigenvalue weighted by Crippen LogP contribution is 2.25. The van der Waals surface area contributed by atoms with E-state index < -0.39 is 19.9 Å². The lowest BCUT2D eigenvalue weighted by Gasteiger charge is -2.16. The highest BCUT2D eigenvalue weighted by Gasteiger charge is 2.14. The summed E-state index contributed by atoms with van der Waals surface area (Å²) < 4.78 is 45.1. The number of hydrogen-bond donors (Lipinski definition) is 2. The van der Waals surface area contributed by atoms with Crippen molar-refractivity contribution < 1.29 is 16.8 Å². The lowest BCUT2D eigenvalue weighted by atomic mass is 10.3. The highest BCUT2D eigenvalue weighted by molar-refractivity contribution is 9.10. The molecule has 1 atom stereocenters. The standard InChI is InChI=1S/C10H15BrN2O4S2/c1-7(6-18(2,14)15)13-10-4-3-8(5-9(10)11)19(12,16)17/h3-5,7,13H,6H2,1-2H3,(H2,12,16,17). The fourth-order valence-corrected chi connectivity index (χ4v) is 3.73. The van der Waals surface area contributed by atoms with Gasteiger partial charge in [0.2, 0.25) is 10.0 Å². The second-order valence-corrected chi connectivity index (χ2v) is 8.93. The molecule has 9 heteroatoms. The molecule has 0 aliphatic heterocycles. The van der Waals surface area contributed by atoms with Crippen molar-refractivity contribution in [2.24, 2.45) is 5.14 Å². The average Bonchev–Trinajstić information content (AvgIpc) is 2.16. The van der Waals surface area contributed by atoms with Crippen LogP contribution in [0.3, 0.4) is 0 Å². The molecule has 108 valence electrons. The van der Waals surface area contributed by atoms with E-state index in [2.05, 4.69) is 21.2 Å². The van der Waals surface area contributed by atoms with Crippen LogP contribution in [0.15, 0.2) is 27.6 Å². The molecule has 0 spiro atoms. The zero-order valence-electron chi connectivity index (χ0n) is 10.4. The maximum atomic E-state index is 11.2. The van der Waals surface area contributed by atoms with Gasteiger partial charge in [0.1, 0.15) is 9.84 Å². The summed E-state index contributed by atoms with van der Waals surface area (Å²) in [5.41, 5.74) is 0.601. The molecule has 0 bridgehead atoms. The monoisotopic (exact) mass is 370 g/mol. The van der Waals surface area contributed by atoms with Gasteiger partial charge in [-0.05, 0) is 41.1 Å². The molecule has 0 amide bonds. The molecule has 0 aromatic heterocycles. The number of rotatable bonds is 5. The van der Waals surface area contributed by atoms with Gasteiger partial charge in [-0.1, -0.05) is 0 Å². The molecule has 1 rings (SSSR count). The SMILES string of the molecule is CC(CS(C)(=O)=O)Nc1ccc(S(N)(=O)=O)cc1Br. The minimum absolute atomic E-state index is 0.0132. The van der Waals surface area contributed by atoms with E-state index in [1.165, 1.54) is 18.2 Å². The summed E-state index contributed by atoms with van der Waals surface area (Å²) in [6.45, 7) is 1.72. The molecular formula is C10H15BrN2O4S2. The summed E-state index contributed by atoms with van der Waals surface area (Å²) in [4.78, 5) is -0.0132. The fraction of sp³-hybridized carbons (Fsp3) is 0.400. The number of hydrogen-bond acceptors (Lipinski definition) is 5. The second kappa shape index (κ2) is 5.78. The van der Waals surface area contributed by atoms with Crippen molar-refractivity contribution in [2.45, 2.75) is 17.9 Å². The summed E-state index contributed by atoms with van der Waals surface area (Å²) in [6, 6.07) is 3.95. The smallest absolute Gasteiger partial charge is 0.238 e. The van der Waals surface area contributed by atoms with Crippen molar-refractivity contribution in [3.8, 4) is 0 Å².